The Labute approximate surface area is 369 Å². The summed E-state index contributed by atoms with van der Waals surface area (Å²) in [5.41, 5.74) is 3.57. The standard InChI is InChI=1S/2C23H23Cl2NO4/c2*24-17-8-6-15(7-9-17)21-22(16-2-1-3-18(25)12-16)30-19(10-11-20(27)28)23(29)26(21)13-14-4-5-14/h2*1-3,6-9,12,14,19,21-22H,4-5,10-11,13H2,(H,27,28)/t2*19-,21+,22-/m10/s1. The molecule has 4 fully saturated rings. The third kappa shape index (κ3) is 11.2. The van der Waals surface area contributed by atoms with Crippen LogP contribution >= 0.6 is 46.4 Å². The van der Waals surface area contributed by atoms with E-state index in [-0.39, 0.29) is 49.6 Å². The summed E-state index contributed by atoms with van der Waals surface area (Å²) in [5, 5.41) is 20.6. The van der Waals surface area contributed by atoms with E-state index in [9.17, 15) is 19.2 Å². The van der Waals surface area contributed by atoms with Crippen LogP contribution in [0.2, 0.25) is 20.1 Å². The van der Waals surface area contributed by atoms with Gasteiger partial charge >= 0.3 is 11.9 Å². The highest BCUT2D eigenvalue weighted by molar-refractivity contribution is 6.31. The Kier molecular flexibility index (Phi) is 14.4. The van der Waals surface area contributed by atoms with Gasteiger partial charge in [0.15, 0.2) is 0 Å². The van der Waals surface area contributed by atoms with Crippen molar-refractivity contribution in [3.05, 3.63) is 139 Å². The van der Waals surface area contributed by atoms with Crippen LogP contribution in [0.15, 0.2) is 97.1 Å². The Morgan fingerprint density at radius 1 is 0.533 bits per heavy atom. The van der Waals surface area contributed by atoms with Crippen LogP contribution in [0.1, 0.15) is 97.9 Å². The lowest BCUT2D eigenvalue weighted by Crippen LogP contribution is -2.51. The number of halogens is 4. The predicted molar refractivity (Wildman–Crippen MR) is 229 cm³/mol. The number of carboxylic acid groups (broad SMARTS) is 2. The molecule has 10 nitrogen and oxygen atoms in total. The SMILES string of the molecule is O=C(O)CC[C@@H]1O[C@@H](c2cccc(Cl)c2)[C@@H](c2ccc(Cl)cc2)N(CC2CC2)C1=O.O=C(O)CC[C@H]1O[C@H](c2cccc(Cl)c2)[C@H](c2ccc(Cl)cc2)N(CC2CC2)C1=O. The molecule has 2 heterocycles. The van der Waals surface area contributed by atoms with Crippen molar-refractivity contribution in [1.82, 2.24) is 9.80 Å². The molecule has 60 heavy (non-hydrogen) atoms. The van der Waals surface area contributed by atoms with E-state index in [4.69, 9.17) is 66.1 Å². The first-order valence-corrected chi connectivity index (χ1v) is 21.7. The number of morpholine rings is 2. The number of aliphatic carboxylic acids is 2. The summed E-state index contributed by atoms with van der Waals surface area (Å²) in [6, 6.07) is 29.1. The van der Waals surface area contributed by atoms with Gasteiger partial charge in [-0.15, -0.1) is 0 Å². The molecule has 2 saturated heterocycles. The average Bonchev–Trinajstić information content (AvgIpc) is 4.17. The Morgan fingerprint density at radius 2 is 0.900 bits per heavy atom. The predicted octanol–water partition coefficient (Wildman–Crippen LogP) is 10.6. The molecular formula is C46H46Cl4N2O8. The maximum Gasteiger partial charge on any atom is 0.303 e. The third-order valence-corrected chi connectivity index (χ3v) is 12.3. The molecule has 0 bridgehead atoms. The fourth-order valence-corrected chi connectivity index (χ4v) is 8.61. The van der Waals surface area contributed by atoms with Gasteiger partial charge in [0.25, 0.3) is 11.8 Å². The number of carboxylic acids is 2. The molecule has 2 saturated carbocycles. The summed E-state index contributed by atoms with van der Waals surface area (Å²) >= 11 is 24.7. The molecule has 4 aromatic carbocycles. The van der Waals surface area contributed by atoms with Gasteiger partial charge in [0, 0.05) is 46.0 Å². The molecule has 316 valence electrons. The number of rotatable bonds is 14. The van der Waals surface area contributed by atoms with E-state index in [1.165, 1.54) is 0 Å². The molecule has 2 N–H and O–H groups in total. The van der Waals surface area contributed by atoms with Crippen LogP contribution in [0.5, 0.6) is 0 Å². The second-order valence-electron chi connectivity index (χ2n) is 15.9. The van der Waals surface area contributed by atoms with Crippen molar-refractivity contribution in [1.29, 1.82) is 0 Å². The van der Waals surface area contributed by atoms with E-state index in [1.807, 2.05) is 94.7 Å². The molecule has 0 unspecified atom stereocenters. The number of carbonyl (C=O) groups excluding carboxylic acids is 2. The molecule has 4 aliphatic rings. The zero-order valence-electron chi connectivity index (χ0n) is 32.7. The average molecular weight is 897 g/mol. The van der Waals surface area contributed by atoms with Crippen LogP contribution in [-0.4, -0.2) is 69.1 Å². The van der Waals surface area contributed by atoms with Gasteiger partial charge < -0.3 is 29.5 Å². The normalized spacial score (nSPS) is 24.1. The lowest BCUT2D eigenvalue weighted by molar-refractivity contribution is -0.176. The quantitative estimate of drug-likeness (QED) is 0.128. The van der Waals surface area contributed by atoms with E-state index >= 15 is 0 Å². The Bertz CT molecular complexity index is 2010. The van der Waals surface area contributed by atoms with Crippen LogP contribution in [-0.2, 0) is 28.7 Å². The maximum atomic E-state index is 13.4. The van der Waals surface area contributed by atoms with Crippen molar-refractivity contribution in [2.24, 2.45) is 11.8 Å². The highest BCUT2D eigenvalue weighted by atomic mass is 35.5. The van der Waals surface area contributed by atoms with Crippen LogP contribution < -0.4 is 0 Å². The lowest BCUT2D eigenvalue weighted by Gasteiger charge is -2.45. The second kappa shape index (κ2) is 19.7. The molecule has 2 amide bonds. The molecule has 6 atom stereocenters. The highest BCUT2D eigenvalue weighted by Gasteiger charge is 2.47. The van der Waals surface area contributed by atoms with Gasteiger partial charge in [-0.25, -0.2) is 0 Å². The van der Waals surface area contributed by atoms with Crippen molar-refractivity contribution in [3.8, 4) is 0 Å². The lowest BCUT2D eigenvalue weighted by atomic mass is 9.90. The summed E-state index contributed by atoms with van der Waals surface area (Å²) in [6.45, 7) is 1.27. The number of amides is 2. The fourth-order valence-electron chi connectivity index (χ4n) is 7.96. The van der Waals surface area contributed by atoms with Gasteiger partial charge in [-0.05, 0) is 121 Å². The zero-order chi connectivity index (χ0) is 42.5. The van der Waals surface area contributed by atoms with Crippen molar-refractivity contribution in [2.45, 2.75) is 87.9 Å². The van der Waals surface area contributed by atoms with Crippen molar-refractivity contribution < 1.29 is 38.9 Å². The summed E-state index contributed by atoms with van der Waals surface area (Å²) in [4.78, 5) is 52.7. The molecule has 2 aliphatic heterocycles. The highest BCUT2D eigenvalue weighted by Crippen LogP contribution is 2.47. The Balaban J connectivity index is 0.000000181. The van der Waals surface area contributed by atoms with Crippen LogP contribution in [0.25, 0.3) is 0 Å². The van der Waals surface area contributed by atoms with Gasteiger partial charge in [0.1, 0.15) is 24.4 Å². The van der Waals surface area contributed by atoms with Gasteiger partial charge in [0.05, 0.1) is 12.1 Å². The van der Waals surface area contributed by atoms with Crippen molar-refractivity contribution >= 4 is 70.2 Å². The van der Waals surface area contributed by atoms with Crippen LogP contribution in [0.3, 0.4) is 0 Å². The first kappa shape index (κ1) is 43.9. The summed E-state index contributed by atoms with van der Waals surface area (Å²) < 4.78 is 12.5. The number of nitrogens with zero attached hydrogens (tertiary/aromatic N) is 2. The zero-order valence-corrected chi connectivity index (χ0v) is 35.7. The van der Waals surface area contributed by atoms with Gasteiger partial charge in [-0.3, -0.25) is 19.2 Å². The molecule has 2 aliphatic carbocycles. The summed E-state index contributed by atoms with van der Waals surface area (Å²) in [5.74, 6) is -1.25. The molecule has 0 aromatic heterocycles. The van der Waals surface area contributed by atoms with E-state index in [0.717, 1.165) is 47.9 Å². The minimum atomic E-state index is -0.945. The number of hydrogen-bond donors (Lipinski definition) is 2. The number of hydrogen-bond acceptors (Lipinski definition) is 6. The first-order valence-electron chi connectivity index (χ1n) is 20.2. The molecule has 4 aromatic rings. The summed E-state index contributed by atoms with van der Waals surface area (Å²) in [7, 11) is 0. The largest absolute Gasteiger partial charge is 0.481 e. The molecule has 0 radical (unpaired) electrons. The van der Waals surface area contributed by atoms with Gasteiger partial charge in [-0.1, -0.05) is 94.9 Å². The van der Waals surface area contributed by atoms with Gasteiger partial charge in [-0.2, -0.15) is 0 Å². The monoisotopic (exact) mass is 894 g/mol. The molecule has 0 spiro atoms. The van der Waals surface area contributed by atoms with E-state index < -0.39 is 36.4 Å². The number of benzene rings is 4. The number of carbonyl (C=O) groups is 4. The Morgan fingerprint density at radius 3 is 1.22 bits per heavy atom. The van der Waals surface area contributed by atoms with E-state index in [0.29, 0.717) is 45.0 Å². The minimum absolute atomic E-state index is 0.123. The fraction of sp³-hybridized carbons (Fsp3) is 0.391. The van der Waals surface area contributed by atoms with Crippen molar-refractivity contribution in [2.75, 3.05) is 13.1 Å². The minimum Gasteiger partial charge on any atom is -0.481 e. The summed E-state index contributed by atoms with van der Waals surface area (Å²) in [6.07, 6.45) is 1.90. The van der Waals surface area contributed by atoms with E-state index in [1.54, 1.807) is 12.1 Å². The smallest absolute Gasteiger partial charge is 0.303 e. The van der Waals surface area contributed by atoms with E-state index in [2.05, 4.69) is 0 Å². The molecule has 14 heteroatoms. The molecule has 8 rings (SSSR count). The third-order valence-electron chi connectivity index (χ3n) is 11.3. The van der Waals surface area contributed by atoms with Gasteiger partial charge in [0.2, 0.25) is 0 Å². The van der Waals surface area contributed by atoms with Crippen molar-refractivity contribution in [3.63, 3.8) is 0 Å². The van der Waals surface area contributed by atoms with Crippen LogP contribution in [0.4, 0.5) is 0 Å². The Hall–Kier alpha value is -4.16. The molecular weight excluding hydrogens is 850 g/mol. The van der Waals surface area contributed by atoms with Crippen LogP contribution in [0, 0.1) is 11.8 Å². The second-order valence-corrected chi connectivity index (χ2v) is 17.7. The first-order chi connectivity index (χ1) is 28.8. The maximum absolute atomic E-state index is 13.4. The number of ether oxygens (including phenoxy) is 2. The topological polar surface area (TPSA) is 134 Å².